The van der Waals surface area contributed by atoms with Crippen molar-refractivity contribution in [2.45, 2.75) is 20.4 Å². The summed E-state index contributed by atoms with van der Waals surface area (Å²) in [5, 5.41) is 3.40. The van der Waals surface area contributed by atoms with Gasteiger partial charge in [0.2, 0.25) is 0 Å². The van der Waals surface area contributed by atoms with Crippen molar-refractivity contribution in [1.29, 1.82) is 0 Å². The molecule has 0 saturated carbocycles. The van der Waals surface area contributed by atoms with Crippen LogP contribution in [0.25, 0.3) is 10.9 Å². The molecule has 0 saturated heterocycles. The average Bonchev–Trinajstić information content (AvgIpc) is 2.44. The zero-order chi connectivity index (χ0) is 11.0. The highest BCUT2D eigenvalue weighted by molar-refractivity contribution is 5.89. The largest absolute Gasteiger partial charge is 0.398 e. The summed E-state index contributed by atoms with van der Waals surface area (Å²) in [6, 6.07) is 5.52. The fourth-order valence-corrected chi connectivity index (χ4v) is 1.78. The van der Waals surface area contributed by atoms with E-state index < -0.39 is 0 Å². The van der Waals surface area contributed by atoms with E-state index in [2.05, 4.69) is 18.9 Å². The fourth-order valence-electron chi connectivity index (χ4n) is 1.78. The minimum atomic E-state index is -0.108. The van der Waals surface area contributed by atoms with Gasteiger partial charge in [0.25, 0.3) is 5.56 Å². The molecule has 80 valence electrons. The number of nitrogen functional groups attached to an aromatic ring is 1. The molecule has 15 heavy (non-hydrogen) atoms. The van der Waals surface area contributed by atoms with E-state index in [1.807, 2.05) is 16.8 Å². The second-order valence-corrected chi connectivity index (χ2v) is 4.19. The summed E-state index contributed by atoms with van der Waals surface area (Å²) >= 11 is 0. The molecule has 4 nitrogen and oxygen atoms in total. The summed E-state index contributed by atoms with van der Waals surface area (Å²) in [6.45, 7) is 5.01. The van der Waals surface area contributed by atoms with Crippen molar-refractivity contribution in [2.24, 2.45) is 5.92 Å². The van der Waals surface area contributed by atoms with E-state index in [0.29, 0.717) is 17.0 Å². The summed E-state index contributed by atoms with van der Waals surface area (Å²) < 4.78 is 1.86. The van der Waals surface area contributed by atoms with E-state index in [4.69, 9.17) is 5.73 Å². The van der Waals surface area contributed by atoms with Crippen LogP contribution in [0.5, 0.6) is 0 Å². The van der Waals surface area contributed by atoms with Crippen LogP contribution in [-0.4, -0.2) is 9.78 Å². The molecule has 0 amide bonds. The Morgan fingerprint density at radius 2 is 2.20 bits per heavy atom. The molecule has 0 aliphatic rings. The molecule has 1 aromatic heterocycles. The van der Waals surface area contributed by atoms with Crippen LogP contribution in [0.3, 0.4) is 0 Å². The van der Waals surface area contributed by atoms with Gasteiger partial charge in [0.05, 0.1) is 10.9 Å². The molecule has 0 atom stereocenters. The fraction of sp³-hybridized carbons (Fsp3) is 0.364. The lowest BCUT2D eigenvalue weighted by atomic mass is 10.2. The highest BCUT2D eigenvalue weighted by Gasteiger charge is 2.09. The lowest BCUT2D eigenvalue weighted by molar-refractivity contribution is 0.492. The van der Waals surface area contributed by atoms with Crippen LogP contribution in [0.2, 0.25) is 0 Å². The van der Waals surface area contributed by atoms with Crippen LogP contribution in [0, 0.1) is 5.92 Å². The van der Waals surface area contributed by atoms with Crippen LogP contribution < -0.4 is 11.3 Å². The Balaban J connectivity index is 2.68. The third kappa shape index (κ3) is 1.63. The smallest absolute Gasteiger partial charge is 0.274 e. The van der Waals surface area contributed by atoms with Crippen molar-refractivity contribution in [3.8, 4) is 0 Å². The van der Waals surface area contributed by atoms with E-state index in [-0.39, 0.29) is 5.56 Å². The van der Waals surface area contributed by atoms with Gasteiger partial charge in [0.1, 0.15) is 0 Å². The van der Waals surface area contributed by atoms with Crippen LogP contribution in [-0.2, 0) is 6.54 Å². The third-order valence-corrected chi connectivity index (χ3v) is 2.38. The Bertz CT molecular complexity index is 536. The van der Waals surface area contributed by atoms with Crippen molar-refractivity contribution in [3.05, 3.63) is 28.6 Å². The first-order valence-electron chi connectivity index (χ1n) is 5.06. The first-order valence-corrected chi connectivity index (χ1v) is 5.06. The second kappa shape index (κ2) is 3.46. The first-order chi connectivity index (χ1) is 7.09. The second-order valence-electron chi connectivity index (χ2n) is 4.19. The lowest BCUT2D eigenvalue weighted by Crippen LogP contribution is -2.09. The van der Waals surface area contributed by atoms with Crippen LogP contribution >= 0.6 is 0 Å². The predicted octanol–water partition coefficient (Wildman–Crippen LogP) is 1.57. The molecule has 0 unspecified atom stereocenters. The maximum atomic E-state index is 11.6. The highest BCUT2D eigenvalue weighted by atomic mass is 16.1. The van der Waals surface area contributed by atoms with E-state index in [9.17, 15) is 4.79 Å². The number of nitrogens with zero attached hydrogens (tertiary/aromatic N) is 1. The maximum absolute atomic E-state index is 11.6. The molecule has 0 fully saturated rings. The minimum absolute atomic E-state index is 0.108. The topological polar surface area (TPSA) is 63.8 Å². The van der Waals surface area contributed by atoms with Gasteiger partial charge in [-0.15, -0.1) is 0 Å². The third-order valence-electron chi connectivity index (χ3n) is 2.38. The van der Waals surface area contributed by atoms with Gasteiger partial charge in [0.15, 0.2) is 0 Å². The molecule has 0 spiro atoms. The van der Waals surface area contributed by atoms with E-state index >= 15 is 0 Å². The van der Waals surface area contributed by atoms with Gasteiger partial charge >= 0.3 is 0 Å². The molecule has 0 aliphatic heterocycles. The number of anilines is 1. The van der Waals surface area contributed by atoms with Gasteiger partial charge in [-0.1, -0.05) is 19.9 Å². The Morgan fingerprint density at radius 3 is 2.87 bits per heavy atom. The average molecular weight is 205 g/mol. The van der Waals surface area contributed by atoms with Gasteiger partial charge in [-0.25, -0.2) is 0 Å². The molecule has 3 N–H and O–H groups in total. The molecule has 1 aromatic carbocycles. The van der Waals surface area contributed by atoms with E-state index in [1.165, 1.54) is 0 Å². The number of hydrogen-bond donors (Lipinski definition) is 2. The summed E-state index contributed by atoms with van der Waals surface area (Å²) in [5.41, 5.74) is 7.08. The summed E-state index contributed by atoms with van der Waals surface area (Å²) in [7, 11) is 0. The van der Waals surface area contributed by atoms with Crippen LogP contribution in [0.4, 0.5) is 5.69 Å². The number of nitrogens with one attached hydrogen (secondary N) is 1. The van der Waals surface area contributed by atoms with Crippen molar-refractivity contribution in [3.63, 3.8) is 0 Å². The van der Waals surface area contributed by atoms with E-state index in [0.717, 1.165) is 12.1 Å². The van der Waals surface area contributed by atoms with Crippen LogP contribution in [0.15, 0.2) is 23.0 Å². The van der Waals surface area contributed by atoms with Crippen LogP contribution in [0.1, 0.15) is 13.8 Å². The van der Waals surface area contributed by atoms with Gasteiger partial charge < -0.3 is 5.73 Å². The predicted molar refractivity (Wildman–Crippen MR) is 61.8 cm³/mol. The first kappa shape index (κ1) is 9.83. The number of fused-ring (bicyclic) bond motifs is 1. The van der Waals surface area contributed by atoms with Gasteiger partial charge in [-0.05, 0) is 18.1 Å². The molecule has 0 radical (unpaired) electrons. The quantitative estimate of drug-likeness (QED) is 0.731. The number of nitrogens with two attached hydrogens (primary N) is 1. The molecular weight excluding hydrogens is 190 g/mol. The Labute approximate surface area is 87.7 Å². The normalized spacial score (nSPS) is 11.4. The van der Waals surface area contributed by atoms with Gasteiger partial charge in [0, 0.05) is 12.2 Å². The number of H-pyrrole nitrogens is 1. The lowest BCUT2D eigenvalue weighted by Gasteiger charge is -2.07. The van der Waals surface area contributed by atoms with E-state index in [1.54, 1.807) is 6.07 Å². The Kier molecular flexibility index (Phi) is 2.26. The molecular formula is C11H15N3O. The number of rotatable bonds is 2. The monoisotopic (exact) mass is 205 g/mol. The number of aromatic amines is 1. The number of benzene rings is 1. The van der Waals surface area contributed by atoms with Crippen molar-refractivity contribution in [1.82, 2.24) is 9.78 Å². The highest BCUT2D eigenvalue weighted by Crippen LogP contribution is 2.17. The molecule has 2 aromatic rings. The summed E-state index contributed by atoms with van der Waals surface area (Å²) in [5.74, 6) is 0.484. The zero-order valence-corrected chi connectivity index (χ0v) is 8.95. The number of hydrogen-bond acceptors (Lipinski definition) is 2. The van der Waals surface area contributed by atoms with Crippen molar-refractivity contribution < 1.29 is 0 Å². The SMILES string of the molecule is CC(C)Cn1[nH]c(=O)c2c(N)cccc21. The number of aromatic nitrogens is 2. The van der Waals surface area contributed by atoms with Crippen molar-refractivity contribution >= 4 is 16.6 Å². The Hall–Kier alpha value is -1.71. The molecule has 2 rings (SSSR count). The minimum Gasteiger partial charge on any atom is -0.398 e. The van der Waals surface area contributed by atoms with Crippen molar-refractivity contribution in [2.75, 3.05) is 5.73 Å². The molecule has 0 aliphatic carbocycles. The van der Waals surface area contributed by atoms with Gasteiger partial charge in [-0.2, -0.15) is 0 Å². The standard InChI is InChI=1S/C11H15N3O/c1-7(2)6-14-9-5-3-4-8(12)10(9)11(15)13-14/h3-5,7H,6,12H2,1-2H3,(H,13,15). The molecule has 4 heteroatoms. The van der Waals surface area contributed by atoms with Gasteiger partial charge in [-0.3, -0.25) is 14.6 Å². The molecule has 1 heterocycles. The summed E-state index contributed by atoms with van der Waals surface area (Å²) in [4.78, 5) is 11.6. The molecule has 0 bridgehead atoms. The zero-order valence-electron chi connectivity index (χ0n) is 8.95. The summed E-state index contributed by atoms with van der Waals surface area (Å²) in [6.07, 6.45) is 0. The Morgan fingerprint density at radius 1 is 1.47 bits per heavy atom. The maximum Gasteiger partial charge on any atom is 0.274 e.